The molecule has 0 aliphatic carbocycles. The van der Waals surface area contributed by atoms with E-state index in [0.717, 1.165) is 27.5 Å². The van der Waals surface area contributed by atoms with Crippen LogP contribution in [0.25, 0.3) is 11.4 Å². The molecule has 0 saturated heterocycles. The minimum atomic E-state index is -0.313. The molecule has 0 aliphatic heterocycles. The van der Waals surface area contributed by atoms with Gasteiger partial charge in [0.05, 0.1) is 10.9 Å². The fourth-order valence-corrected chi connectivity index (χ4v) is 4.05. The maximum absolute atomic E-state index is 12.5. The minimum Gasteiger partial charge on any atom is -0.305 e. The van der Waals surface area contributed by atoms with Crippen LogP contribution in [0.5, 0.6) is 0 Å². The first-order valence-corrected chi connectivity index (χ1v) is 9.93. The van der Waals surface area contributed by atoms with Crippen LogP contribution in [0.4, 0.5) is 5.13 Å². The molecule has 1 unspecified atom stereocenters. The van der Waals surface area contributed by atoms with Crippen LogP contribution in [-0.4, -0.2) is 30.9 Å². The summed E-state index contributed by atoms with van der Waals surface area (Å²) in [5.41, 5.74) is 3.13. The molecule has 0 fully saturated rings. The Bertz CT molecular complexity index is 927. The van der Waals surface area contributed by atoms with Crippen molar-refractivity contribution < 1.29 is 4.79 Å². The second kappa shape index (κ2) is 7.59. The standard InChI is InChI=1S/C18H21N5OS2/c1-10-8-6-7-9-14(10)15-21-22-18(23(15)5)26-13(4)16(24)20-17-19-11(2)12(3)25-17/h6-9,13H,1-5H3,(H,19,20,24). The van der Waals surface area contributed by atoms with Gasteiger partial charge in [0.15, 0.2) is 16.1 Å². The van der Waals surface area contributed by atoms with Crippen molar-refractivity contribution >= 4 is 34.1 Å². The second-order valence-corrected chi connectivity index (χ2v) is 8.60. The fraction of sp³-hybridized carbons (Fsp3) is 0.333. The summed E-state index contributed by atoms with van der Waals surface area (Å²) >= 11 is 2.87. The predicted molar refractivity (Wildman–Crippen MR) is 107 cm³/mol. The molecule has 0 saturated carbocycles. The lowest BCUT2D eigenvalue weighted by atomic mass is 10.1. The number of carbonyl (C=O) groups excluding carboxylic acids is 1. The lowest BCUT2D eigenvalue weighted by Gasteiger charge is -2.10. The van der Waals surface area contributed by atoms with Crippen molar-refractivity contribution in [3.63, 3.8) is 0 Å². The molecule has 1 N–H and O–H groups in total. The number of carbonyl (C=O) groups is 1. The van der Waals surface area contributed by atoms with Gasteiger partial charge in [0.2, 0.25) is 5.91 Å². The monoisotopic (exact) mass is 387 g/mol. The summed E-state index contributed by atoms with van der Waals surface area (Å²) < 4.78 is 1.93. The molecule has 136 valence electrons. The van der Waals surface area contributed by atoms with Crippen molar-refractivity contribution in [1.29, 1.82) is 0 Å². The number of hydrogen-bond acceptors (Lipinski definition) is 6. The van der Waals surface area contributed by atoms with Gasteiger partial charge in [-0.3, -0.25) is 4.79 Å². The number of aryl methyl sites for hydroxylation is 3. The second-order valence-electron chi connectivity index (χ2n) is 6.09. The van der Waals surface area contributed by atoms with Crippen LogP contribution in [0.2, 0.25) is 0 Å². The summed E-state index contributed by atoms with van der Waals surface area (Å²) in [5, 5.41) is 12.5. The number of nitrogens with one attached hydrogen (secondary N) is 1. The van der Waals surface area contributed by atoms with E-state index in [1.807, 2.05) is 63.6 Å². The van der Waals surface area contributed by atoms with Gasteiger partial charge in [-0.15, -0.1) is 21.5 Å². The topological polar surface area (TPSA) is 72.7 Å². The molecule has 0 radical (unpaired) electrons. The number of amides is 1. The number of thioether (sulfide) groups is 1. The van der Waals surface area contributed by atoms with E-state index < -0.39 is 0 Å². The van der Waals surface area contributed by atoms with Crippen molar-refractivity contribution in [1.82, 2.24) is 19.7 Å². The van der Waals surface area contributed by atoms with Crippen molar-refractivity contribution in [3.05, 3.63) is 40.4 Å². The Kier molecular flexibility index (Phi) is 5.43. The van der Waals surface area contributed by atoms with Gasteiger partial charge in [0.25, 0.3) is 0 Å². The van der Waals surface area contributed by atoms with E-state index >= 15 is 0 Å². The largest absolute Gasteiger partial charge is 0.305 e. The van der Waals surface area contributed by atoms with E-state index in [1.54, 1.807) is 0 Å². The molecule has 2 heterocycles. The van der Waals surface area contributed by atoms with Crippen LogP contribution in [0.15, 0.2) is 29.4 Å². The average molecular weight is 388 g/mol. The number of anilines is 1. The van der Waals surface area contributed by atoms with E-state index in [-0.39, 0.29) is 11.2 Å². The van der Waals surface area contributed by atoms with E-state index in [1.165, 1.54) is 23.1 Å². The van der Waals surface area contributed by atoms with Gasteiger partial charge in [-0.1, -0.05) is 36.0 Å². The van der Waals surface area contributed by atoms with Gasteiger partial charge in [-0.25, -0.2) is 4.98 Å². The number of hydrogen-bond donors (Lipinski definition) is 1. The van der Waals surface area contributed by atoms with E-state index in [4.69, 9.17) is 0 Å². The smallest absolute Gasteiger partial charge is 0.239 e. The number of benzene rings is 1. The molecule has 26 heavy (non-hydrogen) atoms. The summed E-state index contributed by atoms with van der Waals surface area (Å²) in [6.07, 6.45) is 0. The lowest BCUT2D eigenvalue weighted by Crippen LogP contribution is -2.22. The lowest BCUT2D eigenvalue weighted by molar-refractivity contribution is -0.115. The maximum Gasteiger partial charge on any atom is 0.239 e. The normalized spacial score (nSPS) is 12.2. The summed E-state index contributed by atoms with van der Waals surface area (Å²) in [6, 6.07) is 8.05. The third kappa shape index (κ3) is 3.81. The van der Waals surface area contributed by atoms with E-state index in [9.17, 15) is 4.79 Å². The Labute approximate surface area is 161 Å². The van der Waals surface area contributed by atoms with Crippen molar-refractivity contribution in [2.24, 2.45) is 7.05 Å². The highest BCUT2D eigenvalue weighted by Gasteiger charge is 2.21. The zero-order chi connectivity index (χ0) is 18.8. The molecule has 2 aromatic heterocycles. The van der Waals surface area contributed by atoms with E-state index in [2.05, 4.69) is 20.5 Å². The van der Waals surface area contributed by atoms with Crippen LogP contribution >= 0.6 is 23.1 Å². The molecule has 1 amide bonds. The Morgan fingerprint density at radius 3 is 2.62 bits per heavy atom. The molecule has 0 spiro atoms. The third-order valence-electron chi connectivity index (χ3n) is 4.13. The summed E-state index contributed by atoms with van der Waals surface area (Å²) in [7, 11) is 1.92. The minimum absolute atomic E-state index is 0.0933. The van der Waals surface area contributed by atoms with Gasteiger partial charge in [-0.05, 0) is 33.3 Å². The number of thiazole rings is 1. The number of rotatable bonds is 5. The molecule has 3 aromatic rings. The highest BCUT2D eigenvalue weighted by atomic mass is 32.2. The Morgan fingerprint density at radius 2 is 1.96 bits per heavy atom. The van der Waals surface area contributed by atoms with Gasteiger partial charge in [0, 0.05) is 17.5 Å². The number of aromatic nitrogens is 4. The van der Waals surface area contributed by atoms with Crippen LogP contribution in [0.1, 0.15) is 23.1 Å². The molecular weight excluding hydrogens is 366 g/mol. The van der Waals surface area contributed by atoms with Gasteiger partial charge >= 0.3 is 0 Å². The molecule has 0 aliphatic rings. The summed E-state index contributed by atoms with van der Waals surface area (Å²) in [4.78, 5) is 17.9. The van der Waals surface area contributed by atoms with Gasteiger partial charge in [0.1, 0.15) is 0 Å². The zero-order valence-electron chi connectivity index (χ0n) is 15.4. The number of nitrogens with zero attached hydrogens (tertiary/aromatic N) is 4. The first kappa shape index (κ1) is 18.6. The fourth-order valence-electron chi connectivity index (χ4n) is 2.42. The molecule has 6 nitrogen and oxygen atoms in total. The molecule has 1 aromatic carbocycles. The van der Waals surface area contributed by atoms with Crippen LogP contribution in [0.3, 0.4) is 0 Å². The third-order valence-corrected chi connectivity index (χ3v) is 6.25. The highest BCUT2D eigenvalue weighted by molar-refractivity contribution is 8.00. The quantitative estimate of drug-likeness (QED) is 0.670. The Hall–Kier alpha value is -2.19. The van der Waals surface area contributed by atoms with Crippen LogP contribution in [-0.2, 0) is 11.8 Å². The zero-order valence-corrected chi connectivity index (χ0v) is 17.0. The first-order valence-electron chi connectivity index (χ1n) is 8.23. The van der Waals surface area contributed by atoms with Crippen LogP contribution < -0.4 is 5.32 Å². The molecule has 8 heteroatoms. The molecule has 1 atom stereocenters. The molecule has 0 bridgehead atoms. The highest BCUT2D eigenvalue weighted by Crippen LogP contribution is 2.28. The Morgan fingerprint density at radius 1 is 1.23 bits per heavy atom. The predicted octanol–water partition coefficient (Wildman–Crippen LogP) is 3.98. The van der Waals surface area contributed by atoms with Gasteiger partial charge < -0.3 is 9.88 Å². The van der Waals surface area contributed by atoms with Crippen LogP contribution in [0, 0.1) is 20.8 Å². The molecule has 3 rings (SSSR count). The molecular formula is C18H21N5OS2. The van der Waals surface area contributed by atoms with E-state index in [0.29, 0.717) is 10.3 Å². The summed E-state index contributed by atoms with van der Waals surface area (Å²) in [5.74, 6) is 0.702. The summed E-state index contributed by atoms with van der Waals surface area (Å²) in [6.45, 7) is 7.83. The SMILES string of the molecule is Cc1ccccc1-c1nnc(SC(C)C(=O)Nc2nc(C)c(C)s2)n1C. The maximum atomic E-state index is 12.5. The van der Waals surface area contributed by atoms with Crippen molar-refractivity contribution in [2.75, 3.05) is 5.32 Å². The first-order chi connectivity index (χ1) is 12.4. The van der Waals surface area contributed by atoms with Crippen molar-refractivity contribution in [2.45, 2.75) is 38.1 Å². The van der Waals surface area contributed by atoms with Gasteiger partial charge in [-0.2, -0.15) is 0 Å². The average Bonchev–Trinajstić information content (AvgIpc) is 3.11. The Balaban J connectivity index is 1.72. The van der Waals surface area contributed by atoms with Crippen molar-refractivity contribution in [3.8, 4) is 11.4 Å².